The zero-order valence-corrected chi connectivity index (χ0v) is 13.9. The smallest absolute Gasteiger partial charge is 0.283 e. The first kappa shape index (κ1) is 17.0. The number of benzene rings is 2. The van der Waals surface area contributed by atoms with Gasteiger partial charge in [0.25, 0.3) is 5.91 Å². The maximum atomic E-state index is 12.0. The average molecular weight is 328 g/mol. The Morgan fingerprint density at radius 2 is 1.78 bits per heavy atom. The molecule has 2 aromatic rings. The lowest BCUT2D eigenvalue weighted by molar-refractivity contribution is -0.110. The molecule has 0 radical (unpaired) electrons. The van der Waals surface area contributed by atoms with Gasteiger partial charge in [0.1, 0.15) is 5.75 Å². The van der Waals surface area contributed by atoms with E-state index in [1.54, 1.807) is 12.1 Å². The van der Waals surface area contributed by atoms with Crippen molar-refractivity contribution in [3.05, 3.63) is 60.2 Å². The Morgan fingerprint density at radius 1 is 1.09 bits per heavy atom. The summed E-state index contributed by atoms with van der Waals surface area (Å²) in [5.41, 5.74) is 1.89. The molecule has 0 saturated heterocycles. The van der Waals surface area contributed by atoms with Gasteiger partial charge < -0.3 is 15.4 Å². The van der Waals surface area contributed by atoms with Gasteiger partial charge in [0.05, 0.1) is 6.61 Å². The minimum atomic E-state index is -0.308. The highest BCUT2D eigenvalue weighted by molar-refractivity contribution is 7.82. The van der Waals surface area contributed by atoms with E-state index in [-0.39, 0.29) is 10.9 Å². The van der Waals surface area contributed by atoms with E-state index in [1.807, 2.05) is 49.4 Å². The third-order valence-electron chi connectivity index (χ3n) is 3.17. The van der Waals surface area contributed by atoms with Gasteiger partial charge in [-0.25, -0.2) is 0 Å². The van der Waals surface area contributed by atoms with E-state index in [1.165, 1.54) is 5.56 Å². The second-order valence-electron chi connectivity index (χ2n) is 4.90. The fourth-order valence-electron chi connectivity index (χ4n) is 2.03. The lowest BCUT2D eigenvalue weighted by atomic mass is 10.1. The number of nitrogens with one attached hydrogen (secondary N) is 2. The van der Waals surface area contributed by atoms with Crippen LogP contribution in [0.1, 0.15) is 12.5 Å². The van der Waals surface area contributed by atoms with Gasteiger partial charge in [-0.2, -0.15) is 0 Å². The number of hydrogen-bond donors (Lipinski definition) is 2. The van der Waals surface area contributed by atoms with Gasteiger partial charge >= 0.3 is 0 Å². The first-order valence-electron chi connectivity index (χ1n) is 7.55. The van der Waals surface area contributed by atoms with Crippen LogP contribution in [0.25, 0.3) is 0 Å². The molecule has 120 valence electrons. The van der Waals surface area contributed by atoms with Crippen LogP contribution < -0.4 is 15.4 Å². The van der Waals surface area contributed by atoms with Crippen molar-refractivity contribution in [2.75, 3.05) is 18.5 Å². The Labute approximate surface area is 141 Å². The number of ether oxygens (including phenoxy) is 1. The van der Waals surface area contributed by atoms with E-state index in [2.05, 4.69) is 10.6 Å². The molecule has 1 amide bonds. The Hall–Kier alpha value is -2.40. The van der Waals surface area contributed by atoms with E-state index in [0.29, 0.717) is 18.8 Å². The molecule has 4 nitrogen and oxygen atoms in total. The maximum Gasteiger partial charge on any atom is 0.283 e. The van der Waals surface area contributed by atoms with Crippen LogP contribution in [0.15, 0.2) is 54.6 Å². The van der Waals surface area contributed by atoms with Gasteiger partial charge in [0.2, 0.25) is 0 Å². The predicted molar refractivity (Wildman–Crippen MR) is 97.0 cm³/mol. The monoisotopic (exact) mass is 328 g/mol. The van der Waals surface area contributed by atoms with E-state index < -0.39 is 0 Å². The maximum absolute atomic E-state index is 12.0. The summed E-state index contributed by atoms with van der Waals surface area (Å²) >= 11 is 5.11. The number of rotatable bonds is 6. The molecule has 0 spiro atoms. The van der Waals surface area contributed by atoms with Crippen LogP contribution in [0.3, 0.4) is 0 Å². The molecule has 0 bridgehead atoms. The van der Waals surface area contributed by atoms with Gasteiger partial charge in [-0.05, 0) is 43.2 Å². The van der Waals surface area contributed by atoms with Crippen molar-refractivity contribution < 1.29 is 9.53 Å². The van der Waals surface area contributed by atoms with Gasteiger partial charge in [-0.3, -0.25) is 4.79 Å². The Morgan fingerprint density at radius 3 is 2.43 bits per heavy atom. The van der Waals surface area contributed by atoms with Crippen LogP contribution in [0, 0.1) is 0 Å². The lowest BCUT2D eigenvalue weighted by Crippen LogP contribution is -2.34. The summed E-state index contributed by atoms with van der Waals surface area (Å²) in [5.74, 6) is 0.464. The summed E-state index contributed by atoms with van der Waals surface area (Å²) in [4.78, 5) is 12.2. The standard InChI is InChI=1S/C18H20N2O2S/c1-2-22-16-10-8-15(9-11-16)20-17(21)18(23)19-13-12-14-6-4-3-5-7-14/h3-11H,2,12-13H2,1H3,(H,19,23)(H,20,21). The third-order valence-corrected chi connectivity index (χ3v) is 3.50. The van der Waals surface area contributed by atoms with E-state index in [4.69, 9.17) is 17.0 Å². The van der Waals surface area contributed by atoms with Crippen LogP contribution in [0.2, 0.25) is 0 Å². The fourth-order valence-corrected chi connectivity index (χ4v) is 2.19. The van der Waals surface area contributed by atoms with Crippen LogP contribution in [-0.2, 0) is 11.2 Å². The van der Waals surface area contributed by atoms with Crippen molar-refractivity contribution in [2.24, 2.45) is 0 Å². The summed E-state index contributed by atoms with van der Waals surface area (Å²) < 4.78 is 5.36. The summed E-state index contributed by atoms with van der Waals surface area (Å²) in [6.07, 6.45) is 0.817. The second kappa shape index (κ2) is 8.90. The topological polar surface area (TPSA) is 50.4 Å². The molecule has 2 aromatic carbocycles. The van der Waals surface area contributed by atoms with Crippen molar-refractivity contribution in [1.82, 2.24) is 5.32 Å². The predicted octanol–water partition coefficient (Wildman–Crippen LogP) is 3.18. The Balaban J connectivity index is 1.77. The number of carbonyl (C=O) groups excluding carboxylic acids is 1. The number of anilines is 1. The first-order valence-corrected chi connectivity index (χ1v) is 7.96. The molecule has 0 aliphatic heterocycles. The van der Waals surface area contributed by atoms with Crippen LogP contribution in [-0.4, -0.2) is 24.0 Å². The van der Waals surface area contributed by atoms with Crippen molar-refractivity contribution in [3.63, 3.8) is 0 Å². The zero-order chi connectivity index (χ0) is 16.5. The quantitative estimate of drug-likeness (QED) is 0.800. The fraction of sp³-hybridized carbons (Fsp3) is 0.222. The molecule has 0 aromatic heterocycles. The molecule has 0 fully saturated rings. The highest BCUT2D eigenvalue weighted by Crippen LogP contribution is 2.15. The average Bonchev–Trinajstić information content (AvgIpc) is 2.57. The van der Waals surface area contributed by atoms with Gasteiger partial charge in [-0.15, -0.1) is 0 Å². The molecule has 0 aliphatic carbocycles. The molecule has 2 N–H and O–H groups in total. The summed E-state index contributed by atoms with van der Waals surface area (Å²) in [6, 6.07) is 17.3. The number of carbonyl (C=O) groups is 1. The van der Waals surface area contributed by atoms with Crippen molar-refractivity contribution >= 4 is 28.8 Å². The van der Waals surface area contributed by atoms with Crippen LogP contribution in [0.4, 0.5) is 5.69 Å². The second-order valence-corrected chi connectivity index (χ2v) is 5.31. The minimum absolute atomic E-state index is 0.190. The molecule has 23 heavy (non-hydrogen) atoms. The molecular weight excluding hydrogens is 308 g/mol. The normalized spacial score (nSPS) is 9.96. The zero-order valence-electron chi connectivity index (χ0n) is 13.0. The first-order chi connectivity index (χ1) is 11.2. The Bertz CT molecular complexity index is 642. The van der Waals surface area contributed by atoms with Crippen molar-refractivity contribution in [1.29, 1.82) is 0 Å². The van der Waals surface area contributed by atoms with Crippen molar-refractivity contribution in [3.8, 4) is 5.75 Å². The van der Waals surface area contributed by atoms with Crippen LogP contribution >= 0.6 is 12.2 Å². The van der Waals surface area contributed by atoms with Gasteiger partial charge in [0, 0.05) is 12.2 Å². The number of amides is 1. The van der Waals surface area contributed by atoms with E-state index in [9.17, 15) is 4.79 Å². The molecule has 0 atom stereocenters. The number of thiocarbonyl (C=S) groups is 1. The molecule has 0 saturated carbocycles. The van der Waals surface area contributed by atoms with E-state index in [0.717, 1.165) is 12.2 Å². The Kier molecular flexibility index (Phi) is 6.56. The largest absolute Gasteiger partial charge is 0.494 e. The molecule has 0 unspecified atom stereocenters. The van der Waals surface area contributed by atoms with Gasteiger partial charge in [-0.1, -0.05) is 42.5 Å². The van der Waals surface area contributed by atoms with Crippen LogP contribution in [0.5, 0.6) is 5.75 Å². The summed E-state index contributed by atoms with van der Waals surface area (Å²) in [5, 5.41) is 5.74. The SMILES string of the molecule is CCOc1ccc(NC(=O)C(=S)NCCc2ccccc2)cc1. The van der Waals surface area contributed by atoms with Crippen molar-refractivity contribution in [2.45, 2.75) is 13.3 Å². The molecule has 0 heterocycles. The molecule has 0 aliphatic rings. The molecule has 2 rings (SSSR count). The minimum Gasteiger partial charge on any atom is -0.494 e. The highest BCUT2D eigenvalue weighted by Gasteiger charge is 2.08. The highest BCUT2D eigenvalue weighted by atomic mass is 32.1. The lowest BCUT2D eigenvalue weighted by Gasteiger charge is -2.09. The van der Waals surface area contributed by atoms with E-state index >= 15 is 0 Å². The number of hydrogen-bond acceptors (Lipinski definition) is 3. The molecular formula is C18H20N2O2S. The third kappa shape index (κ3) is 5.71. The molecule has 5 heteroatoms. The summed E-state index contributed by atoms with van der Waals surface area (Å²) in [6.45, 7) is 3.16. The summed E-state index contributed by atoms with van der Waals surface area (Å²) in [7, 11) is 0. The van der Waals surface area contributed by atoms with Gasteiger partial charge in [0.15, 0.2) is 4.99 Å².